The number of ether oxygens (including phenoxy) is 2. The Balaban J connectivity index is 1.52. The van der Waals surface area contributed by atoms with Crippen LogP contribution in [-0.4, -0.2) is 42.1 Å². The molecule has 3 heterocycles. The van der Waals surface area contributed by atoms with E-state index in [2.05, 4.69) is 20.6 Å². The summed E-state index contributed by atoms with van der Waals surface area (Å²) in [6, 6.07) is 7.24. The summed E-state index contributed by atoms with van der Waals surface area (Å²) in [7, 11) is 1.58. The third-order valence-electron chi connectivity index (χ3n) is 3.63. The second kappa shape index (κ2) is 10.6. The number of hydrogen-bond acceptors (Lipinski definition) is 8. The molecule has 0 saturated carbocycles. The number of carbonyl (C=O) groups is 2. The molecular formula is C19H20N4O4S2. The number of hydrogen-bond donors (Lipinski definition) is 2. The molecule has 0 unspecified atom stereocenters. The fraction of sp³-hybridized carbons (Fsp3) is 0.263. The number of carbonyl (C=O) groups excluding carboxylic acids is 2. The number of nitrogens with zero attached hydrogens (tertiary/aromatic N) is 2. The van der Waals surface area contributed by atoms with Gasteiger partial charge in [-0.25, -0.2) is 9.97 Å². The number of nitrogens with one attached hydrogen (secondary N) is 2. The van der Waals surface area contributed by atoms with Crippen LogP contribution in [0.4, 0.5) is 10.8 Å². The highest BCUT2D eigenvalue weighted by atomic mass is 32.1. The third kappa shape index (κ3) is 6.63. The fourth-order valence-corrected chi connectivity index (χ4v) is 3.79. The van der Waals surface area contributed by atoms with Gasteiger partial charge in [0.15, 0.2) is 5.13 Å². The minimum atomic E-state index is -0.253. The van der Waals surface area contributed by atoms with E-state index in [1.54, 1.807) is 30.8 Å². The molecule has 0 aliphatic heterocycles. The number of methoxy groups -OCH3 is 1. The van der Waals surface area contributed by atoms with Crippen LogP contribution in [0, 0.1) is 0 Å². The summed E-state index contributed by atoms with van der Waals surface area (Å²) in [4.78, 5) is 33.8. The molecular weight excluding hydrogens is 412 g/mol. The van der Waals surface area contributed by atoms with Gasteiger partial charge in [-0.3, -0.25) is 9.59 Å². The van der Waals surface area contributed by atoms with Crippen molar-refractivity contribution < 1.29 is 19.1 Å². The highest BCUT2D eigenvalue weighted by Crippen LogP contribution is 2.22. The lowest BCUT2D eigenvalue weighted by molar-refractivity contribution is -0.116. The van der Waals surface area contributed by atoms with Gasteiger partial charge in [-0.2, -0.15) is 0 Å². The van der Waals surface area contributed by atoms with Gasteiger partial charge in [0.05, 0.1) is 25.1 Å². The Hall–Kier alpha value is -2.82. The van der Waals surface area contributed by atoms with Crippen LogP contribution >= 0.6 is 22.7 Å². The molecule has 0 aliphatic carbocycles. The number of thiazole rings is 1. The van der Waals surface area contributed by atoms with Crippen molar-refractivity contribution in [1.82, 2.24) is 9.97 Å². The predicted octanol–water partition coefficient (Wildman–Crippen LogP) is 2.99. The zero-order valence-electron chi connectivity index (χ0n) is 15.7. The summed E-state index contributed by atoms with van der Waals surface area (Å²) in [6.07, 6.45) is 1.97. The first kappa shape index (κ1) is 20.9. The first-order valence-corrected chi connectivity index (χ1v) is 10.5. The molecule has 8 nitrogen and oxygen atoms in total. The van der Waals surface area contributed by atoms with Crippen molar-refractivity contribution in [2.75, 3.05) is 31.0 Å². The Labute approximate surface area is 175 Å². The molecule has 0 bridgehead atoms. The Kier molecular flexibility index (Phi) is 7.68. The van der Waals surface area contributed by atoms with Crippen molar-refractivity contribution in [3.05, 3.63) is 51.8 Å². The Bertz CT molecular complexity index is 943. The molecule has 2 N–H and O–H groups in total. The lowest BCUT2D eigenvalue weighted by atomic mass is 10.3. The summed E-state index contributed by atoms with van der Waals surface area (Å²) in [5, 5.41) is 9.69. The zero-order valence-corrected chi connectivity index (χ0v) is 17.3. The molecule has 29 heavy (non-hydrogen) atoms. The van der Waals surface area contributed by atoms with Crippen molar-refractivity contribution in [2.45, 2.75) is 12.8 Å². The van der Waals surface area contributed by atoms with Crippen molar-refractivity contribution in [3.63, 3.8) is 0 Å². The summed E-state index contributed by atoms with van der Waals surface area (Å²) < 4.78 is 10.5. The van der Waals surface area contributed by atoms with Gasteiger partial charge in [0.25, 0.3) is 0 Å². The maximum atomic E-state index is 12.4. The van der Waals surface area contributed by atoms with Crippen LogP contribution in [-0.2, 0) is 27.2 Å². The van der Waals surface area contributed by atoms with E-state index in [-0.39, 0.29) is 18.2 Å². The third-order valence-corrected chi connectivity index (χ3v) is 5.31. The highest BCUT2D eigenvalue weighted by Gasteiger charge is 2.13. The fourth-order valence-electron chi connectivity index (χ4n) is 2.36. The Morgan fingerprint density at radius 2 is 1.93 bits per heavy atom. The van der Waals surface area contributed by atoms with E-state index in [1.165, 1.54) is 22.7 Å². The van der Waals surface area contributed by atoms with Gasteiger partial charge < -0.3 is 20.1 Å². The molecule has 0 saturated heterocycles. The molecule has 2 amide bonds. The zero-order chi connectivity index (χ0) is 20.5. The van der Waals surface area contributed by atoms with E-state index in [1.807, 2.05) is 17.5 Å². The maximum absolute atomic E-state index is 12.4. The smallest absolute Gasteiger partial charge is 0.237 e. The van der Waals surface area contributed by atoms with E-state index in [4.69, 9.17) is 9.47 Å². The summed E-state index contributed by atoms with van der Waals surface area (Å²) in [6.45, 7) is 0.751. The number of anilines is 2. The highest BCUT2D eigenvalue weighted by molar-refractivity contribution is 7.14. The number of aromatic nitrogens is 2. The second-order valence-corrected chi connectivity index (χ2v) is 7.76. The molecule has 0 spiro atoms. The Morgan fingerprint density at radius 3 is 2.72 bits per heavy atom. The topological polar surface area (TPSA) is 102 Å². The normalized spacial score (nSPS) is 10.5. The summed E-state index contributed by atoms with van der Waals surface area (Å²) in [5.41, 5.74) is 1.05. The SMILES string of the molecule is COCCOc1ncccc1NC(=O)Cc1csc(NC(=O)Cc2cccs2)n1. The first-order valence-electron chi connectivity index (χ1n) is 8.77. The van der Waals surface area contributed by atoms with Crippen LogP contribution in [0.5, 0.6) is 5.88 Å². The van der Waals surface area contributed by atoms with Crippen molar-refractivity contribution >= 4 is 45.3 Å². The molecule has 3 aromatic heterocycles. The van der Waals surface area contributed by atoms with Crippen LogP contribution < -0.4 is 15.4 Å². The van der Waals surface area contributed by atoms with Crippen molar-refractivity contribution in [1.29, 1.82) is 0 Å². The minimum absolute atomic E-state index is 0.0731. The van der Waals surface area contributed by atoms with Gasteiger partial charge in [0, 0.05) is 23.6 Å². The van der Waals surface area contributed by atoms with Gasteiger partial charge in [-0.1, -0.05) is 6.07 Å². The molecule has 3 aromatic rings. The quantitative estimate of drug-likeness (QED) is 0.478. The van der Waals surface area contributed by atoms with Gasteiger partial charge >= 0.3 is 0 Å². The van der Waals surface area contributed by atoms with Gasteiger partial charge in [-0.05, 0) is 23.6 Å². The van der Waals surface area contributed by atoms with Crippen LogP contribution in [0.1, 0.15) is 10.6 Å². The molecule has 0 aliphatic rings. The van der Waals surface area contributed by atoms with Crippen molar-refractivity contribution in [2.24, 2.45) is 0 Å². The van der Waals surface area contributed by atoms with E-state index >= 15 is 0 Å². The number of thiophene rings is 1. The standard InChI is InChI=1S/C19H20N4O4S2/c1-26-7-8-27-18-15(5-2-6-20-18)22-16(24)10-13-12-29-19(21-13)23-17(25)11-14-4-3-9-28-14/h2-6,9,12H,7-8,10-11H2,1H3,(H,22,24)(H,21,23,25). The van der Waals surface area contributed by atoms with E-state index in [0.29, 0.717) is 42.0 Å². The minimum Gasteiger partial charge on any atom is -0.474 e. The van der Waals surface area contributed by atoms with Crippen LogP contribution in [0.2, 0.25) is 0 Å². The largest absolute Gasteiger partial charge is 0.474 e. The van der Waals surface area contributed by atoms with Crippen LogP contribution in [0.15, 0.2) is 41.2 Å². The van der Waals surface area contributed by atoms with E-state index in [0.717, 1.165) is 4.88 Å². The van der Waals surface area contributed by atoms with Crippen molar-refractivity contribution in [3.8, 4) is 5.88 Å². The Morgan fingerprint density at radius 1 is 1.07 bits per heavy atom. The average Bonchev–Trinajstić information content (AvgIpc) is 3.35. The predicted molar refractivity (Wildman–Crippen MR) is 113 cm³/mol. The molecule has 0 atom stereocenters. The van der Waals surface area contributed by atoms with Crippen LogP contribution in [0.3, 0.4) is 0 Å². The first-order chi connectivity index (χ1) is 14.1. The number of amides is 2. The van der Waals surface area contributed by atoms with Gasteiger partial charge in [0.2, 0.25) is 17.7 Å². The molecule has 3 rings (SSSR count). The monoisotopic (exact) mass is 432 g/mol. The molecule has 0 fully saturated rings. The second-order valence-electron chi connectivity index (χ2n) is 5.87. The van der Waals surface area contributed by atoms with E-state index in [9.17, 15) is 9.59 Å². The molecule has 152 valence electrons. The van der Waals surface area contributed by atoms with Gasteiger partial charge in [-0.15, -0.1) is 22.7 Å². The van der Waals surface area contributed by atoms with E-state index < -0.39 is 0 Å². The average molecular weight is 433 g/mol. The summed E-state index contributed by atoms with van der Waals surface area (Å²) in [5.74, 6) is -0.0555. The lowest BCUT2D eigenvalue weighted by Gasteiger charge is -2.10. The molecule has 0 radical (unpaired) electrons. The lowest BCUT2D eigenvalue weighted by Crippen LogP contribution is -2.17. The summed E-state index contributed by atoms with van der Waals surface area (Å²) >= 11 is 2.82. The maximum Gasteiger partial charge on any atom is 0.237 e. The molecule has 10 heteroatoms. The van der Waals surface area contributed by atoms with Gasteiger partial charge in [0.1, 0.15) is 12.3 Å². The molecule has 0 aromatic carbocycles. The number of pyridine rings is 1. The van der Waals surface area contributed by atoms with Crippen LogP contribution in [0.25, 0.3) is 0 Å². The number of rotatable bonds is 10.